The zero-order valence-electron chi connectivity index (χ0n) is 17.6. The number of benzene rings is 2. The van der Waals surface area contributed by atoms with Crippen LogP contribution in [0.4, 0.5) is 0 Å². The van der Waals surface area contributed by atoms with E-state index in [1.807, 2.05) is 38.1 Å². The van der Waals surface area contributed by atoms with Crippen molar-refractivity contribution in [3.05, 3.63) is 75.9 Å². The van der Waals surface area contributed by atoms with Gasteiger partial charge in [-0.05, 0) is 18.6 Å². The molecule has 0 saturated heterocycles. The third-order valence-electron chi connectivity index (χ3n) is 5.20. The van der Waals surface area contributed by atoms with E-state index < -0.39 is 5.91 Å². The highest BCUT2D eigenvalue weighted by molar-refractivity contribution is 6.05. The molecule has 1 N–H and O–H groups in total. The minimum absolute atomic E-state index is 0.177. The molecule has 0 aliphatic heterocycles. The third-order valence-corrected chi connectivity index (χ3v) is 5.20. The molecule has 0 spiro atoms. The van der Waals surface area contributed by atoms with Gasteiger partial charge in [0.1, 0.15) is 11.3 Å². The Hall–Kier alpha value is -3.74. The smallest absolute Gasteiger partial charge is 0.292 e. The van der Waals surface area contributed by atoms with Gasteiger partial charge in [-0.15, -0.1) is 0 Å². The van der Waals surface area contributed by atoms with Crippen LogP contribution in [0.2, 0.25) is 0 Å². The highest BCUT2D eigenvalue weighted by atomic mass is 16.3. The Morgan fingerprint density at radius 2 is 1.81 bits per heavy atom. The molecule has 0 radical (unpaired) electrons. The number of nitrogens with one attached hydrogen (secondary N) is 1. The first-order valence-electron chi connectivity index (χ1n) is 10.5. The molecule has 158 valence electrons. The highest BCUT2D eigenvalue weighted by Gasteiger charge is 2.16. The molecule has 0 bridgehead atoms. The maximum absolute atomic E-state index is 12.9. The number of hydrogen-bond donors (Lipinski definition) is 1. The van der Waals surface area contributed by atoms with E-state index in [4.69, 9.17) is 4.42 Å². The van der Waals surface area contributed by atoms with Gasteiger partial charge in [-0.1, -0.05) is 56.7 Å². The molecule has 2 aromatic heterocycles. The molecular formula is C24H24N4O3. The molecule has 4 aromatic rings. The van der Waals surface area contributed by atoms with Gasteiger partial charge in [-0.2, -0.15) is 10.2 Å². The lowest BCUT2D eigenvalue weighted by Crippen LogP contribution is -2.29. The third kappa shape index (κ3) is 3.99. The second kappa shape index (κ2) is 8.95. The first kappa shape index (κ1) is 20.5. The van der Waals surface area contributed by atoms with Crippen LogP contribution in [0.15, 0.2) is 62.8 Å². The molecule has 0 aliphatic carbocycles. The number of hydrazone groups is 1. The van der Waals surface area contributed by atoms with Gasteiger partial charge in [0, 0.05) is 29.3 Å². The van der Waals surface area contributed by atoms with Gasteiger partial charge in [0.05, 0.1) is 11.6 Å². The Bertz CT molecular complexity index is 1330. The second-order valence-electron chi connectivity index (χ2n) is 7.26. The first-order chi connectivity index (χ1) is 15.1. The number of aromatic nitrogens is 2. The summed E-state index contributed by atoms with van der Waals surface area (Å²) < 4.78 is 7.22. The summed E-state index contributed by atoms with van der Waals surface area (Å²) in [7, 11) is 0. The van der Waals surface area contributed by atoms with E-state index in [0.717, 1.165) is 35.1 Å². The van der Waals surface area contributed by atoms with Gasteiger partial charge in [0.2, 0.25) is 0 Å². The number of fused-ring (bicyclic) bond motifs is 2. The van der Waals surface area contributed by atoms with Gasteiger partial charge in [-0.3, -0.25) is 9.59 Å². The van der Waals surface area contributed by atoms with Gasteiger partial charge in [-0.25, -0.2) is 10.1 Å². The van der Waals surface area contributed by atoms with Crippen molar-refractivity contribution < 1.29 is 9.21 Å². The van der Waals surface area contributed by atoms with Crippen molar-refractivity contribution in [3.63, 3.8) is 0 Å². The summed E-state index contributed by atoms with van der Waals surface area (Å²) in [5, 5.41) is 10.4. The van der Waals surface area contributed by atoms with Crippen LogP contribution in [0.1, 0.15) is 48.5 Å². The number of amides is 1. The summed E-state index contributed by atoms with van der Waals surface area (Å²) in [6, 6.07) is 14.7. The molecular weight excluding hydrogens is 392 g/mol. The molecule has 2 heterocycles. The predicted octanol–water partition coefficient (Wildman–Crippen LogP) is 4.27. The first-order valence-corrected chi connectivity index (χ1v) is 10.5. The van der Waals surface area contributed by atoms with Crippen LogP contribution in [0, 0.1) is 0 Å². The fraction of sp³-hybridized carbons (Fsp3) is 0.250. The van der Waals surface area contributed by atoms with Crippen LogP contribution in [-0.2, 0) is 13.0 Å². The van der Waals surface area contributed by atoms with Crippen molar-refractivity contribution in [1.82, 2.24) is 15.2 Å². The fourth-order valence-corrected chi connectivity index (χ4v) is 3.59. The summed E-state index contributed by atoms with van der Waals surface area (Å²) >= 11 is 0. The van der Waals surface area contributed by atoms with E-state index in [9.17, 15) is 9.59 Å². The molecule has 4 rings (SSSR count). The van der Waals surface area contributed by atoms with Crippen LogP contribution in [0.25, 0.3) is 21.7 Å². The van der Waals surface area contributed by atoms with Gasteiger partial charge in [0.15, 0.2) is 5.69 Å². The normalized spacial score (nSPS) is 11.5. The Kier molecular flexibility index (Phi) is 5.93. The average molecular weight is 416 g/mol. The molecule has 0 unspecified atom stereocenters. The van der Waals surface area contributed by atoms with Crippen molar-refractivity contribution in [2.24, 2.45) is 5.10 Å². The Labute approximate surface area is 179 Å². The second-order valence-corrected chi connectivity index (χ2v) is 7.26. The maximum Gasteiger partial charge on any atom is 0.292 e. The number of nitrogens with zero attached hydrogens (tertiary/aromatic N) is 3. The molecule has 7 heteroatoms. The van der Waals surface area contributed by atoms with Crippen LogP contribution >= 0.6 is 0 Å². The van der Waals surface area contributed by atoms with E-state index in [1.165, 1.54) is 4.68 Å². The number of carbonyl (C=O) groups excluding carboxylic acids is 1. The average Bonchev–Trinajstić information content (AvgIpc) is 3.16. The maximum atomic E-state index is 12.9. The lowest BCUT2D eigenvalue weighted by atomic mass is 10.1. The fourth-order valence-electron chi connectivity index (χ4n) is 3.59. The van der Waals surface area contributed by atoms with Gasteiger partial charge < -0.3 is 4.42 Å². The molecule has 1 amide bonds. The van der Waals surface area contributed by atoms with Gasteiger partial charge >= 0.3 is 0 Å². The van der Waals surface area contributed by atoms with Crippen molar-refractivity contribution in [3.8, 4) is 0 Å². The van der Waals surface area contributed by atoms with Crippen molar-refractivity contribution in [1.29, 1.82) is 0 Å². The van der Waals surface area contributed by atoms with E-state index in [-0.39, 0.29) is 11.3 Å². The molecule has 0 saturated carbocycles. The molecule has 0 atom stereocenters. The Balaban J connectivity index is 1.66. The Morgan fingerprint density at radius 1 is 1.10 bits per heavy atom. The number of aryl methyl sites for hydroxylation is 2. The Morgan fingerprint density at radius 3 is 2.55 bits per heavy atom. The minimum atomic E-state index is -0.469. The number of rotatable bonds is 7. The van der Waals surface area contributed by atoms with E-state index in [2.05, 4.69) is 15.6 Å². The summed E-state index contributed by atoms with van der Waals surface area (Å²) in [5.74, 6) is 0.333. The van der Waals surface area contributed by atoms with Crippen LogP contribution in [0.3, 0.4) is 0 Å². The van der Waals surface area contributed by atoms with Crippen LogP contribution in [0.5, 0.6) is 0 Å². The number of furan rings is 1. The SMILES string of the molecule is CCCCn1nc(C(=O)N/N=C\c2c(CC)oc3ccccc23)c2ccccc2c1=O. The summed E-state index contributed by atoms with van der Waals surface area (Å²) in [5.41, 5.74) is 4.16. The predicted molar refractivity (Wildman–Crippen MR) is 122 cm³/mol. The van der Waals surface area contributed by atoms with Crippen LogP contribution in [-0.4, -0.2) is 21.9 Å². The molecule has 0 fully saturated rings. The summed E-state index contributed by atoms with van der Waals surface area (Å²) in [6.45, 7) is 4.51. The molecule has 2 aromatic carbocycles. The largest absolute Gasteiger partial charge is 0.460 e. The molecule has 0 aliphatic rings. The van der Waals surface area contributed by atoms with Crippen molar-refractivity contribution in [2.75, 3.05) is 0 Å². The lowest BCUT2D eigenvalue weighted by molar-refractivity contribution is 0.0949. The monoisotopic (exact) mass is 416 g/mol. The lowest BCUT2D eigenvalue weighted by Gasteiger charge is -2.09. The van der Waals surface area contributed by atoms with E-state index in [0.29, 0.717) is 23.7 Å². The zero-order valence-corrected chi connectivity index (χ0v) is 17.6. The topological polar surface area (TPSA) is 89.5 Å². The van der Waals surface area contributed by atoms with Crippen LogP contribution < -0.4 is 11.0 Å². The number of hydrogen-bond acceptors (Lipinski definition) is 5. The molecule has 7 nitrogen and oxygen atoms in total. The number of unbranched alkanes of at least 4 members (excludes halogenated alkanes) is 1. The number of para-hydroxylation sites is 1. The van der Waals surface area contributed by atoms with E-state index in [1.54, 1.807) is 30.5 Å². The summed E-state index contributed by atoms with van der Waals surface area (Å²) in [6.07, 6.45) is 4.03. The minimum Gasteiger partial charge on any atom is -0.460 e. The standard InChI is InChI=1S/C24H24N4O3/c1-3-5-14-28-24(30)18-12-7-6-11-17(18)22(27-28)23(29)26-25-15-19-16-10-8-9-13-21(16)31-20(19)4-2/h6-13,15H,3-5,14H2,1-2H3,(H,26,29)/b25-15-. The highest BCUT2D eigenvalue weighted by Crippen LogP contribution is 2.24. The number of carbonyl (C=O) groups is 1. The zero-order chi connectivity index (χ0) is 21.8. The van der Waals surface area contributed by atoms with Crippen molar-refractivity contribution in [2.45, 2.75) is 39.7 Å². The van der Waals surface area contributed by atoms with E-state index >= 15 is 0 Å². The molecule has 31 heavy (non-hydrogen) atoms. The van der Waals surface area contributed by atoms with Crippen molar-refractivity contribution >= 4 is 33.9 Å². The van der Waals surface area contributed by atoms with Gasteiger partial charge in [0.25, 0.3) is 11.5 Å². The quantitative estimate of drug-likeness (QED) is 0.360. The summed E-state index contributed by atoms with van der Waals surface area (Å²) in [4.78, 5) is 25.6.